The molecule has 0 radical (unpaired) electrons. The first kappa shape index (κ1) is 11.4. The van der Waals surface area contributed by atoms with Crippen LogP contribution in [0.5, 0.6) is 0 Å². The first-order valence-electron chi connectivity index (χ1n) is 5.65. The quantitative estimate of drug-likeness (QED) is 0.824. The molecule has 0 spiro atoms. The molecule has 2 N–H and O–H groups in total. The van der Waals surface area contributed by atoms with E-state index in [9.17, 15) is 9.59 Å². The number of carboxylic acids is 1. The van der Waals surface area contributed by atoms with Crippen molar-refractivity contribution in [1.29, 1.82) is 0 Å². The Labute approximate surface area is 107 Å². The molecule has 7 nitrogen and oxygen atoms in total. The Morgan fingerprint density at radius 1 is 1.26 bits per heavy atom. The fraction of sp³-hybridized carbons (Fsp3) is 0.167. The molecule has 0 saturated heterocycles. The van der Waals surface area contributed by atoms with Crippen LogP contribution in [-0.2, 0) is 13.1 Å². The molecule has 0 saturated carbocycles. The molecule has 0 fully saturated rings. The fourth-order valence-electron chi connectivity index (χ4n) is 2.13. The first-order chi connectivity index (χ1) is 9.15. The molecule has 19 heavy (non-hydrogen) atoms. The lowest BCUT2D eigenvalue weighted by atomic mass is 10.1. The zero-order chi connectivity index (χ0) is 13.4. The van der Waals surface area contributed by atoms with Gasteiger partial charge in [0.05, 0.1) is 5.56 Å². The third kappa shape index (κ3) is 1.95. The Kier molecular flexibility index (Phi) is 2.52. The third-order valence-corrected chi connectivity index (χ3v) is 3.08. The van der Waals surface area contributed by atoms with E-state index in [1.54, 1.807) is 23.1 Å². The Balaban J connectivity index is 1.84. The van der Waals surface area contributed by atoms with Crippen molar-refractivity contribution in [2.75, 3.05) is 0 Å². The number of aromatic carboxylic acids is 1. The van der Waals surface area contributed by atoms with Crippen LogP contribution in [0.25, 0.3) is 0 Å². The molecule has 0 unspecified atom stereocenters. The average molecular weight is 258 g/mol. The Morgan fingerprint density at radius 2 is 2.05 bits per heavy atom. The summed E-state index contributed by atoms with van der Waals surface area (Å²) < 4.78 is 0. The first-order valence-corrected chi connectivity index (χ1v) is 5.65. The monoisotopic (exact) mass is 258 g/mol. The number of aromatic amines is 1. The number of aromatic nitrogens is 3. The highest BCUT2D eigenvalue weighted by Crippen LogP contribution is 2.24. The number of amides is 1. The lowest BCUT2D eigenvalue weighted by Crippen LogP contribution is -2.26. The van der Waals surface area contributed by atoms with E-state index in [-0.39, 0.29) is 17.3 Å². The highest BCUT2D eigenvalue weighted by atomic mass is 16.4. The maximum Gasteiger partial charge on any atom is 0.335 e. The normalized spacial score (nSPS) is 13.4. The van der Waals surface area contributed by atoms with Crippen LogP contribution in [0.3, 0.4) is 0 Å². The highest BCUT2D eigenvalue weighted by Gasteiger charge is 2.26. The Hall–Kier alpha value is -2.70. The number of carbonyl (C=O) groups is 2. The molecule has 3 rings (SSSR count). The van der Waals surface area contributed by atoms with E-state index < -0.39 is 5.97 Å². The molecule has 2 aromatic rings. The zero-order valence-electron chi connectivity index (χ0n) is 9.83. The molecule has 0 atom stereocenters. The smallest absolute Gasteiger partial charge is 0.335 e. The SMILES string of the molecule is O=C(O)c1ccc2c(c1)CN(C(=O)c1ncn[nH]1)C2. The van der Waals surface area contributed by atoms with Crippen molar-refractivity contribution in [3.05, 3.63) is 47.0 Å². The van der Waals surface area contributed by atoms with Gasteiger partial charge in [0.1, 0.15) is 6.33 Å². The van der Waals surface area contributed by atoms with E-state index in [0.717, 1.165) is 11.1 Å². The summed E-state index contributed by atoms with van der Waals surface area (Å²) in [5.74, 6) is -1.03. The minimum absolute atomic E-state index is 0.186. The molecule has 96 valence electrons. The van der Waals surface area contributed by atoms with Crippen molar-refractivity contribution in [2.24, 2.45) is 0 Å². The van der Waals surface area contributed by atoms with Crippen LogP contribution < -0.4 is 0 Å². The van der Waals surface area contributed by atoms with E-state index >= 15 is 0 Å². The summed E-state index contributed by atoms with van der Waals surface area (Å²) in [4.78, 5) is 28.4. The summed E-state index contributed by atoms with van der Waals surface area (Å²) >= 11 is 0. The van der Waals surface area contributed by atoms with E-state index in [4.69, 9.17) is 5.11 Å². The molecule has 1 aliphatic heterocycles. The minimum Gasteiger partial charge on any atom is -0.478 e. The van der Waals surface area contributed by atoms with Gasteiger partial charge in [0.15, 0.2) is 0 Å². The average Bonchev–Trinajstić information content (AvgIpc) is 3.06. The predicted molar refractivity (Wildman–Crippen MR) is 63.4 cm³/mol. The molecule has 1 aliphatic rings. The lowest BCUT2D eigenvalue weighted by Gasteiger charge is -2.12. The molecule has 1 aromatic heterocycles. The number of hydrogen-bond acceptors (Lipinski definition) is 4. The van der Waals surface area contributed by atoms with Crippen LogP contribution in [0.1, 0.15) is 32.1 Å². The molecule has 0 aliphatic carbocycles. The number of carbonyl (C=O) groups excluding carboxylic acids is 1. The molecule has 2 heterocycles. The van der Waals surface area contributed by atoms with Gasteiger partial charge in [-0.25, -0.2) is 9.78 Å². The minimum atomic E-state index is -0.970. The number of benzene rings is 1. The maximum atomic E-state index is 12.1. The summed E-state index contributed by atoms with van der Waals surface area (Å²) in [5.41, 5.74) is 2.04. The maximum absolute atomic E-state index is 12.1. The van der Waals surface area contributed by atoms with Crippen LogP contribution in [-0.4, -0.2) is 37.1 Å². The van der Waals surface area contributed by atoms with Crippen LogP contribution in [0.15, 0.2) is 24.5 Å². The standard InChI is InChI=1S/C12H10N4O3/c17-11(10-13-6-14-15-10)16-4-8-2-1-7(12(18)19)3-9(8)5-16/h1-3,6H,4-5H2,(H,18,19)(H,13,14,15). The van der Waals surface area contributed by atoms with Crippen molar-refractivity contribution in [2.45, 2.75) is 13.1 Å². The summed E-state index contributed by atoms with van der Waals surface area (Å²) in [6.45, 7) is 0.838. The van der Waals surface area contributed by atoms with E-state index in [0.29, 0.717) is 13.1 Å². The second-order valence-corrected chi connectivity index (χ2v) is 4.28. The molecule has 1 amide bonds. The zero-order valence-corrected chi connectivity index (χ0v) is 9.83. The summed E-state index contributed by atoms with van der Waals surface area (Å²) in [6, 6.07) is 4.89. The van der Waals surface area contributed by atoms with Crippen molar-refractivity contribution in [3.63, 3.8) is 0 Å². The second kappa shape index (κ2) is 4.20. The second-order valence-electron chi connectivity index (χ2n) is 4.28. The van der Waals surface area contributed by atoms with Gasteiger partial charge in [-0.2, -0.15) is 5.10 Å². The van der Waals surface area contributed by atoms with Crippen LogP contribution in [0, 0.1) is 0 Å². The topological polar surface area (TPSA) is 99.2 Å². The van der Waals surface area contributed by atoms with Gasteiger partial charge in [-0.1, -0.05) is 6.07 Å². The van der Waals surface area contributed by atoms with Crippen LogP contribution in [0.4, 0.5) is 0 Å². The largest absolute Gasteiger partial charge is 0.478 e. The number of nitrogens with one attached hydrogen (secondary N) is 1. The predicted octanol–water partition coefficient (Wildman–Crippen LogP) is 0.659. The van der Waals surface area contributed by atoms with Gasteiger partial charge in [0, 0.05) is 13.1 Å². The van der Waals surface area contributed by atoms with Crippen molar-refractivity contribution >= 4 is 11.9 Å². The molecular formula is C12H10N4O3. The summed E-state index contributed by atoms with van der Waals surface area (Å²) in [6.07, 6.45) is 1.28. The van der Waals surface area contributed by atoms with E-state index in [2.05, 4.69) is 15.2 Å². The fourth-order valence-corrected chi connectivity index (χ4v) is 2.13. The van der Waals surface area contributed by atoms with Gasteiger partial charge in [-0.05, 0) is 23.3 Å². The van der Waals surface area contributed by atoms with Gasteiger partial charge in [0.25, 0.3) is 5.91 Å². The van der Waals surface area contributed by atoms with Gasteiger partial charge < -0.3 is 10.0 Å². The molecule has 7 heteroatoms. The van der Waals surface area contributed by atoms with Crippen LogP contribution >= 0.6 is 0 Å². The number of hydrogen-bond donors (Lipinski definition) is 2. The van der Waals surface area contributed by atoms with Gasteiger partial charge in [0.2, 0.25) is 5.82 Å². The number of fused-ring (bicyclic) bond motifs is 1. The van der Waals surface area contributed by atoms with Gasteiger partial charge in [-0.15, -0.1) is 0 Å². The summed E-state index contributed by atoms with van der Waals surface area (Å²) in [5, 5.41) is 15.1. The molecule has 0 bridgehead atoms. The van der Waals surface area contributed by atoms with Crippen molar-refractivity contribution in [3.8, 4) is 0 Å². The van der Waals surface area contributed by atoms with E-state index in [1.807, 2.05) is 0 Å². The van der Waals surface area contributed by atoms with Crippen LogP contribution in [0.2, 0.25) is 0 Å². The number of nitrogens with zero attached hydrogens (tertiary/aromatic N) is 3. The van der Waals surface area contributed by atoms with Crippen molar-refractivity contribution < 1.29 is 14.7 Å². The van der Waals surface area contributed by atoms with Crippen molar-refractivity contribution in [1.82, 2.24) is 20.1 Å². The van der Waals surface area contributed by atoms with Gasteiger partial charge in [-0.3, -0.25) is 9.89 Å². The summed E-state index contributed by atoms with van der Waals surface area (Å²) in [7, 11) is 0. The molecular weight excluding hydrogens is 248 g/mol. The third-order valence-electron chi connectivity index (χ3n) is 3.08. The Bertz CT molecular complexity index is 651. The highest BCUT2D eigenvalue weighted by molar-refractivity contribution is 5.91. The number of carboxylic acid groups (broad SMARTS) is 1. The lowest BCUT2D eigenvalue weighted by molar-refractivity contribution is 0.0696. The van der Waals surface area contributed by atoms with E-state index in [1.165, 1.54) is 6.33 Å². The van der Waals surface area contributed by atoms with Gasteiger partial charge >= 0.3 is 5.97 Å². The Morgan fingerprint density at radius 3 is 2.74 bits per heavy atom. The number of rotatable bonds is 2. The molecule has 1 aromatic carbocycles. The number of H-pyrrole nitrogens is 1.